The second-order valence-electron chi connectivity index (χ2n) is 8.01. The number of hydrogen-bond acceptors (Lipinski definition) is 5. The molecule has 2 aliphatic rings. The Morgan fingerprint density at radius 2 is 2.00 bits per heavy atom. The molecule has 7 nitrogen and oxygen atoms in total. The molecule has 30 heavy (non-hydrogen) atoms. The molecule has 1 atom stereocenters. The second kappa shape index (κ2) is 8.92. The van der Waals surface area contributed by atoms with Gasteiger partial charge < -0.3 is 9.64 Å². The first-order valence-electron chi connectivity index (χ1n) is 10.5. The minimum absolute atomic E-state index is 0.00523. The molecule has 2 amide bonds. The Labute approximate surface area is 177 Å². The average molecular weight is 409 g/mol. The summed E-state index contributed by atoms with van der Waals surface area (Å²) >= 11 is 0. The summed E-state index contributed by atoms with van der Waals surface area (Å²) in [7, 11) is 1.53. The first-order chi connectivity index (χ1) is 14.6. The lowest BCUT2D eigenvalue weighted by molar-refractivity contribution is -0.134. The Morgan fingerprint density at radius 1 is 1.20 bits per heavy atom. The quantitative estimate of drug-likeness (QED) is 0.733. The van der Waals surface area contributed by atoms with Crippen molar-refractivity contribution in [2.45, 2.75) is 38.5 Å². The van der Waals surface area contributed by atoms with Crippen molar-refractivity contribution in [3.05, 3.63) is 53.0 Å². The van der Waals surface area contributed by atoms with Crippen LogP contribution in [0, 0.1) is 6.92 Å². The first-order valence-corrected chi connectivity index (χ1v) is 10.5. The number of carbonyl (C=O) groups is 2. The highest BCUT2D eigenvalue weighted by atomic mass is 16.5. The van der Waals surface area contributed by atoms with Crippen LogP contribution in [0.5, 0.6) is 0 Å². The highest BCUT2D eigenvalue weighted by molar-refractivity contribution is 5.95. The number of methoxy groups -OCH3 is 1. The van der Waals surface area contributed by atoms with Crippen LogP contribution in [-0.4, -0.2) is 60.0 Å². The van der Waals surface area contributed by atoms with Gasteiger partial charge in [0.15, 0.2) is 0 Å². The van der Waals surface area contributed by atoms with Gasteiger partial charge in [0.05, 0.1) is 0 Å². The van der Waals surface area contributed by atoms with Crippen molar-refractivity contribution in [1.82, 2.24) is 14.9 Å². The number of likely N-dealkylation sites (tertiary alicyclic amines) is 1. The molecule has 1 unspecified atom stereocenters. The first kappa shape index (κ1) is 20.5. The van der Waals surface area contributed by atoms with Crippen LogP contribution in [0.25, 0.3) is 0 Å². The fourth-order valence-electron chi connectivity index (χ4n) is 4.31. The Kier molecular flexibility index (Phi) is 6.08. The van der Waals surface area contributed by atoms with Gasteiger partial charge in [-0.1, -0.05) is 30.3 Å². The van der Waals surface area contributed by atoms with Crippen molar-refractivity contribution in [2.24, 2.45) is 0 Å². The Bertz CT molecular complexity index is 932. The molecule has 0 N–H and O–H groups in total. The van der Waals surface area contributed by atoms with Crippen molar-refractivity contribution in [2.75, 3.05) is 38.3 Å². The smallest absolute Gasteiger partial charge is 0.248 e. The third-order valence-corrected chi connectivity index (χ3v) is 6.00. The van der Waals surface area contributed by atoms with Crippen LogP contribution in [0.2, 0.25) is 0 Å². The molecule has 0 saturated carbocycles. The van der Waals surface area contributed by atoms with Crippen LogP contribution in [-0.2, 0) is 27.2 Å². The Balaban J connectivity index is 1.56. The number of anilines is 1. The highest BCUT2D eigenvalue weighted by Crippen LogP contribution is 2.32. The molecule has 2 aliphatic heterocycles. The number of aryl methyl sites for hydroxylation is 1. The SMILES string of the molecule is COCC(=O)N1CCC(c2nc(C)c3c(n2)N(CCc2ccccc2)C(=O)CC3)C1. The van der Waals surface area contributed by atoms with Gasteiger partial charge in [0, 0.05) is 50.3 Å². The van der Waals surface area contributed by atoms with E-state index in [9.17, 15) is 9.59 Å². The maximum Gasteiger partial charge on any atom is 0.248 e. The van der Waals surface area contributed by atoms with E-state index in [4.69, 9.17) is 14.7 Å². The molecule has 1 saturated heterocycles. The Morgan fingerprint density at radius 3 is 2.77 bits per heavy atom. The van der Waals surface area contributed by atoms with Crippen LogP contribution >= 0.6 is 0 Å². The van der Waals surface area contributed by atoms with E-state index in [-0.39, 0.29) is 24.3 Å². The summed E-state index contributed by atoms with van der Waals surface area (Å²) in [5.41, 5.74) is 3.21. The number of benzene rings is 1. The molecule has 2 aromatic rings. The lowest BCUT2D eigenvalue weighted by Gasteiger charge is -2.30. The molecular weight excluding hydrogens is 380 g/mol. The zero-order chi connectivity index (χ0) is 21.1. The topological polar surface area (TPSA) is 75.6 Å². The lowest BCUT2D eigenvalue weighted by Crippen LogP contribution is -2.38. The normalized spacial score (nSPS) is 18.6. The summed E-state index contributed by atoms with van der Waals surface area (Å²) in [5.74, 6) is 1.69. The van der Waals surface area contributed by atoms with Gasteiger partial charge in [-0.05, 0) is 31.7 Å². The number of carbonyl (C=O) groups excluding carboxylic acids is 2. The van der Waals surface area contributed by atoms with E-state index in [1.165, 1.54) is 12.7 Å². The summed E-state index contributed by atoms with van der Waals surface area (Å²) in [6.45, 7) is 3.98. The molecule has 7 heteroatoms. The molecule has 1 fully saturated rings. The fourth-order valence-corrected chi connectivity index (χ4v) is 4.31. The average Bonchev–Trinajstić information content (AvgIpc) is 3.24. The molecule has 0 spiro atoms. The number of aromatic nitrogens is 2. The van der Waals surface area contributed by atoms with Crippen LogP contribution in [0.3, 0.4) is 0 Å². The maximum atomic E-state index is 12.7. The summed E-state index contributed by atoms with van der Waals surface area (Å²) in [5, 5.41) is 0. The fraction of sp³-hybridized carbons (Fsp3) is 0.478. The van der Waals surface area contributed by atoms with Gasteiger partial charge in [-0.2, -0.15) is 0 Å². The van der Waals surface area contributed by atoms with Crippen molar-refractivity contribution < 1.29 is 14.3 Å². The molecule has 1 aromatic carbocycles. The van der Waals surface area contributed by atoms with Gasteiger partial charge >= 0.3 is 0 Å². The number of nitrogens with zero attached hydrogens (tertiary/aromatic N) is 4. The van der Waals surface area contributed by atoms with Gasteiger partial charge in [0.25, 0.3) is 0 Å². The van der Waals surface area contributed by atoms with E-state index in [1.807, 2.05) is 34.9 Å². The predicted octanol–water partition coefficient (Wildman–Crippen LogP) is 2.27. The van der Waals surface area contributed by atoms with Gasteiger partial charge in [-0.25, -0.2) is 9.97 Å². The number of amides is 2. The molecular formula is C23H28N4O3. The van der Waals surface area contributed by atoms with E-state index < -0.39 is 0 Å². The third kappa shape index (κ3) is 4.21. The summed E-state index contributed by atoms with van der Waals surface area (Å²) < 4.78 is 4.97. The van der Waals surface area contributed by atoms with Crippen molar-refractivity contribution in [3.8, 4) is 0 Å². The zero-order valence-electron chi connectivity index (χ0n) is 17.6. The van der Waals surface area contributed by atoms with Crippen LogP contribution < -0.4 is 4.90 Å². The van der Waals surface area contributed by atoms with Gasteiger partial charge in [-0.15, -0.1) is 0 Å². The lowest BCUT2D eigenvalue weighted by atomic mass is 10.0. The number of fused-ring (bicyclic) bond motifs is 1. The van der Waals surface area contributed by atoms with E-state index in [1.54, 1.807) is 0 Å². The molecule has 0 radical (unpaired) electrons. The maximum absolute atomic E-state index is 12.7. The summed E-state index contributed by atoms with van der Waals surface area (Å²) in [6, 6.07) is 10.2. The molecule has 0 aliphatic carbocycles. The van der Waals surface area contributed by atoms with Crippen molar-refractivity contribution in [1.29, 1.82) is 0 Å². The monoisotopic (exact) mass is 408 g/mol. The zero-order valence-corrected chi connectivity index (χ0v) is 17.6. The van der Waals surface area contributed by atoms with E-state index in [0.29, 0.717) is 32.5 Å². The third-order valence-electron chi connectivity index (χ3n) is 6.00. The van der Waals surface area contributed by atoms with Gasteiger partial charge in [0.2, 0.25) is 11.8 Å². The summed E-state index contributed by atoms with van der Waals surface area (Å²) in [4.78, 5) is 38.1. The minimum Gasteiger partial charge on any atom is -0.375 e. The Hall–Kier alpha value is -2.80. The molecule has 3 heterocycles. The molecule has 0 bridgehead atoms. The van der Waals surface area contributed by atoms with E-state index in [2.05, 4.69) is 12.1 Å². The number of rotatable bonds is 6. The van der Waals surface area contributed by atoms with Crippen molar-refractivity contribution in [3.63, 3.8) is 0 Å². The standard InChI is InChI=1S/C23H28N4O3/c1-16-19-8-9-20(28)27(13-10-17-6-4-3-5-7-17)23(19)25-22(24-16)18-11-12-26(14-18)21(29)15-30-2/h3-7,18H,8-15H2,1-2H3. The van der Waals surface area contributed by atoms with Crippen LogP contribution in [0.1, 0.15) is 41.4 Å². The molecule has 4 rings (SSSR count). The largest absolute Gasteiger partial charge is 0.375 e. The number of hydrogen-bond donors (Lipinski definition) is 0. The predicted molar refractivity (Wildman–Crippen MR) is 113 cm³/mol. The van der Waals surface area contributed by atoms with E-state index in [0.717, 1.165) is 35.7 Å². The van der Waals surface area contributed by atoms with Crippen molar-refractivity contribution >= 4 is 17.6 Å². The van der Waals surface area contributed by atoms with E-state index >= 15 is 0 Å². The number of ether oxygens (including phenoxy) is 1. The second-order valence-corrected chi connectivity index (χ2v) is 8.01. The molecule has 1 aromatic heterocycles. The molecule has 158 valence electrons. The van der Waals surface area contributed by atoms with Gasteiger partial charge in [0.1, 0.15) is 18.2 Å². The van der Waals surface area contributed by atoms with Gasteiger partial charge in [-0.3, -0.25) is 14.5 Å². The highest BCUT2D eigenvalue weighted by Gasteiger charge is 2.32. The van der Waals surface area contributed by atoms with Crippen LogP contribution in [0.4, 0.5) is 5.82 Å². The minimum atomic E-state index is -0.00523. The summed E-state index contributed by atoms with van der Waals surface area (Å²) in [6.07, 6.45) is 2.79. The van der Waals surface area contributed by atoms with Crippen LogP contribution in [0.15, 0.2) is 30.3 Å².